The highest BCUT2D eigenvalue weighted by Crippen LogP contribution is 2.48. The SMILES string of the molecule is COCCOCCOCC(=O)Oc1c(OC)cc(Cl)c2c1CN1CCc3cc(OC)c(O)cc3C1C2. The number of carbonyl (C=O) groups excluding carboxylic acids is 1. The molecule has 36 heavy (non-hydrogen) atoms. The highest BCUT2D eigenvalue weighted by Gasteiger charge is 2.36. The number of benzene rings is 2. The summed E-state index contributed by atoms with van der Waals surface area (Å²) in [5.74, 6) is 0.817. The number of phenols is 1. The van der Waals surface area contributed by atoms with Crippen molar-refractivity contribution in [2.24, 2.45) is 0 Å². The van der Waals surface area contributed by atoms with E-state index in [1.54, 1.807) is 26.4 Å². The summed E-state index contributed by atoms with van der Waals surface area (Å²) in [6.45, 7) is 2.71. The summed E-state index contributed by atoms with van der Waals surface area (Å²) in [5, 5.41) is 10.9. The molecule has 1 atom stereocenters. The van der Waals surface area contributed by atoms with Gasteiger partial charge in [0.1, 0.15) is 6.61 Å². The molecule has 0 amide bonds. The van der Waals surface area contributed by atoms with E-state index in [-0.39, 0.29) is 25.0 Å². The molecule has 196 valence electrons. The molecule has 2 aromatic carbocycles. The molecule has 1 N–H and O–H groups in total. The van der Waals surface area contributed by atoms with E-state index in [0.29, 0.717) is 55.1 Å². The average molecular weight is 522 g/mol. The molecule has 0 bridgehead atoms. The third kappa shape index (κ3) is 5.71. The van der Waals surface area contributed by atoms with Gasteiger partial charge < -0.3 is 33.5 Å². The number of phenolic OH excluding ortho intramolecular Hbond substituents is 1. The van der Waals surface area contributed by atoms with Gasteiger partial charge in [-0.2, -0.15) is 0 Å². The quantitative estimate of drug-likeness (QED) is 0.271. The van der Waals surface area contributed by atoms with Gasteiger partial charge in [-0.25, -0.2) is 4.79 Å². The molecule has 0 radical (unpaired) electrons. The number of hydrogen-bond acceptors (Lipinski definition) is 9. The highest BCUT2D eigenvalue weighted by atomic mass is 35.5. The van der Waals surface area contributed by atoms with E-state index < -0.39 is 5.97 Å². The van der Waals surface area contributed by atoms with Gasteiger partial charge in [-0.05, 0) is 41.7 Å². The molecule has 2 aliphatic rings. The zero-order chi connectivity index (χ0) is 25.7. The number of esters is 1. The average Bonchev–Trinajstić information content (AvgIpc) is 2.88. The van der Waals surface area contributed by atoms with E-state index in [2.05, 4.69) is 4.90 Å². The van der Waals surface area contributed by atoms with Crippen molar-refractivity contribution in [1.82, 2.24) is 4.90 Å². The molecule has 2 heterocycles. The molecular formula is C26H32ClNO8. The van der Waals surface area contributed by atoms with Crippen LogP contribution in [-0.2, 0) is 38.4 Å². The lowest BCUT2D eigenvalue weighted by atomic mass is 9.83. The van der Waals surface area contributed by atoms with Crippen molar-refractivity contribution in [1.29, 1.82) is 0 Å². The molecule has 4 rings (SSSR count). The topological polar surface area (TPSA) is 95.9 Å². The fourth-order valence-electron chi connectivity index (χ4n) is 4.77. The number of carbonyl (C=O) groups is 1. The lowest BCUT2D eigenvalue weighted by Crippen LogP contribution is -2.39. The van der Waals surface area contributed by atoms with Crippen LogP contribution in [-0.4, -0.2) is 76.9 Å². The molecule has 0 aliphatic carbocycles. The largest absolute Gasteiger partial charge is 0.504 e. The molecule has 0 aromatic heterocycles. The van der Waals surface area contributed by atoms with Crippen molar-refractivity contribution in [2.75, 3.05) is 60.9 Å². The molecule has 0 spiro atoms. The Bertz CT molecular complexity index is 1090. The summed E-state index contributed by atoms with van der Waals surface area (Å²) >= 11 is 6.67. The minimum absolute atomic E-state index is 0.0361. The van der Waals surface area contributed by atoms with E-state index in [0.717, 1.165) is 35.2 Å². The van der Waals surface area contributed by atoms with Crippen LogP contribution in [0.3, 0.4) is 0 Å². The molecule has 0 saturated carbocycles. The summed E-state index contributed by atoms with van der Waals surface area (Å²) in [5.41, 5.74) is 3.93. The number of ether oxygens (including phenoxy) is 6. The van der Waals surface area contributed by atoms with Crippen molar-refractivity contribution in [2.45, 2.75) is 25.4 Å². The molecule has 0 saturated heterocycles. The Morgan fingerprint density at radius 1 is 1.03 bits per heavy atom. The molecule has 1 unspecified atom stereocenters. The Balaban J connectivity index is 1.51. The van der Waals surface area contributed by atoms with E-state index in [1.807, 2.05) is 6.07 Å². The molecule has 0 fully saturated rings. The number of hydrogen-bond donors (Lipinski definition) is 1. The van der Waals surface area contributed by atoms with Crippen LogP contribution >= 0.6 is 11.6 Å². The van der Waals surface area contributed by atoms with Gasteiger partial charge in [0.15, 0.2) is 23.0 Å². The standard InChI is InChI=1S/C26H32ClNO8/c1-31-6-7-34-8-9-35-15-25(30)36-26-19-14-28-5-4-16-10-23(32-2)22(29)12-17(16)21(28)11-18(19)20(27)13-24(26)33-3/h10,12-13,21,29H,4-9,11,14-15H2,1-3H3. The Morgan fingerprint density at radius 3 is 2.53 bits per heavy atom. The number of rotatable bonds is 11. The molecule has 2 aliphatic heterocycles. The summed E-state index contributed by atoms with van der Waals surface area (Å²) in [6.07, 6.45) is 1.42. The summed E-state index contributed by atoms with van der Waals surface area (Å²) < 4.78 is 32.2. The van der Waals surface area contributed by atoms with Crippen LogP contribution in [0.15, 0.2) is 18.2 Å². The van der Waals surface area contributed by atoms with Crippen LogP contribution in [0.1, 0.15) is 28.3 Å². The Morgan fingerprint density at radius 2 is 1.78 bits per heavy atom. The predicted octanol–water partition coefficient (Wildman–Crippen LogP) is 3.30. The van der Waals surface area contributed by atoms with Gasteiger partial charge >= 0.3 is 5.97 Å². The summed E-state index contributed by atoms with van der Waals surface area (Å²) in [6, 6.07) is 5.40. The van der Waals surface area contributed by atoms with E-state index in [1.165, 1.54) is 7.11 Å². The summed E-state index contributed by atoms with van der Waals surface area (Å²) in [4.78, 5) is 14.9. The van der Waals surface area contributed by atoms with Crippen molar-refractivity contribution in [3.63, 3.8) is 0 Å². The van der Waals surface area contributed by atoms with E-state index in [9.17, 15) is 9.90 Å². The zero-order valence-corrected chi connectivity index (χ0v) is 21.6. The van der Waals surface area contributed by atoms with Gasteiger partial charge in [0.05, 0.1) is 40.6 Å². The molecule has 9 nitrogen and oxygen atoms in total. The number of nitrogens with zero attached hydrogens (tertiary/aromatic N) is 1. The first kappa shape index (κ1) is 26.5. The monoisotopic (exact) mass is 521 g/mol. The minimum atomic E-state index is -0.530. The maximum absolute atomic E-state index is 12.6. The number of methoxy groups -OCH3 is 3. The van der Waals surface area contributed by atoms with Crippen LogP contribution < -0.4 is 14.2 Å². The predicted molar refractivity (Wildman–Crippen MR) is 132 cm³/mol. The second kappa shape index (κ2) is 12.1. The second-order valence-corrected chi connectivity index (χ2v) is 9.05. The van der Waals surface area contributed by atoms with Crippen molar-refractivity contribution in [3.8, 4) is 23.0 Å². The molecular weight excluding hydrogens is 490 g/mol. The normalized spacial score (nSPS) is 16.6. The lowest BCUT2D eigenvalue weighted by molar-refractivity contribution is -0.140. The lowest BCUT2D eigenvalue weighted by Gasteiger charge is -2.42. The Labute approximate surface area is 215 Å². The van der Waals surface area contributed by atoms with Gasteiger partial charge in [0.25, 0.3) is 0 Å². The van der Waals surface area contributed by atoms with Gasteiger partial charge in [-0.3, -0.25) is 4.90 Å². The third-order valence-electron chi connectivity index (χ3n) is 6.54. The minimum Gasteiger partial charge on any atom is -0.504 e. The highest BCUT2D eigenvalue weighted by molar-refractivity contribution is 6.31. The Kier molecular flexibility index (Phi) is 8.92. The van der Waals surface area contributed by atoms with Gasteiger partial charge in [-0.15, -0.1) is 0 Å². The fraction of sp³-hybridized carbons (Fsp3) is 0.500. The van der Waals surface area contributed by atoms with E-state index >= 15 is 0 Å². The fourth-order valence-corrected chi connectivity index (χ4v) is 5.06. The van der Waals surface area contributed by atoms with Crippen molar-refractivity contribution in [3.05, 3.63) is 45.5 Å². The maximum atomic E-state index is 12.6. The number of fused-ring (bicyclic) bond motifs is 4. The van der Waals surface area contributed by atoms with Crippen LogP contribution in [0.4, 0.5) is 0 Å². The first-order chi connectivity index (χ1) is 17.5. The molecule has 10 heteroatoms. The first-order valence-electron chi connectivity index (χ1n) is 11.8. The van der Waals surface area contributed by atoms with Gasteiger partial charge in [0, 0.05) is 42.9 Å². The van der Waals surface area contributed by atoms with Crippen LogP contribution in [0.25, 0.3) is 0 Å². The molecule has 2 aromatic rings. The smallest absolute Gasteiger partial charge is 0.337 e. The number of halogens is 1. The number of aromatic hydroxyl groups is 1. The maximum Gasteiger partial charge on any atom is 0.337 e. The van der Waals surface area contributed by atoms with Crippen molar-refractivity contribution < 1.29 is 38.3 Å². The second-order valence-electron chi connectivity index (χ2n) is 8.64. The van der Waals surface area contributed by atoms with Gasteiger partial charge in [-0.1, -0.05) is 11.6 Å². The van der Waals surface area contributed by atoms with Crippen LogP contribution in [0, 0.1) is 0 Å². The Hall–Kier alpha value is -2.56. The van der Waals surface area contributed by atoms with Crippen LogP contribution in [0.5, 0.6) is 23.0 Å². The van der Waals surface area contributed by atoms with Crippen LogP contribution in [0.2, 0.25) is 5.02 Å². The van der Waals surface area contributed by atoms with Crippen molar-refractivity contribution >= 4 is 17.6 Å². The van der Waals surface area contributed by atoms with Gasteiger partial charge in [0.2, 0.25) is 0 Å². The zero-order valence-electron chi connectivity index (χ0n) is 20.8. The van der Waals surface area contributed by atoms with E-state index in [4.69, 9.17) is 40.0 Å². The summed E-state index contributed by atoms with van der Waals surface area (Å²) in [7, 11) is 4.67. The first-order valence-corrected chi connectivity index (χ1v) is 12.2. The third-order valence-corrected chi connectivity index (χ3v) is 6.87.